The van der Waals surface area contributed by atoms with Crippen molar-refractivity contribution in [3.8, 4) is 6.07 Å². The molecule has 1 N–H and O–H groups in total. The molecule has 18 heavy (non-hydrogen) atoms. The van der Waals surface area contributed by atoms with Crippen LogP contribution in [0.25, 0.3) is 0 Å². The van der Waals surface area contributed by atoms with Gasteiger partial charge in [0.2, 0.25) is 0 Å². The van der Waals surface area contributed by atoms with Gasteiger partial charge in [0.05, 0.1) is 11.8 Å². The number of aromatic nitrogens is 2. The second kappa shape index (κ2) is 4.56. The van der Waals surface area contributed by atoms with Gasteiger partial charge in [0.25, 0.3) is 0 Å². The lowest BCUT2D eigenvalue weighted by Gasteiger charge is -2.28. The molecule has 94 valence electrons. The maximum atomic E-state index is 9.04. The van der Waals surface area contributed by atoms with E-state index in [2.05, 4.69) is 28.5 Å². The zero-order chi connectivity index (χ0) is 12.5. The van der Waals surface area contributed by atoms with Crippen molar-refractivity contribution in [3.05, 3.63) is 17.8 Å². The molecule has 3 rings (SSSR count). The fourth-order valence-corrected chi connectivity index (χ4v) is 3.76. The van der Waals surface area contributed by atoms with Crippen LogP contribution < -0.4 is 5.32 Å². The Bertz CT molecular complexity index is 479. The minimum atomic E-state index is 0.379. The molecular weight excluding hydrogens is 224 g/mol. The van der Waals surface area contributed by atoms with Crippen molar-refractivity contribution in [3.63, 3.8) is 0 Å². The lowest BCUT2D eigenvalue weighted by atomic mass is 9.84. The summed E-state index contributed by atoms with van der Waals surface area (Å²) in [6, 6.07) is 4.25. The first-order valence-electron chi connectivity index (χ1n) is 6.76. The van der Waals surface area contributed by atoms with E-state index in [0.717, 1.165) is 17.8 Å². The van der Waals surface area contributed by atoms with Crippen molar-refractivity contribution in [2.24, 2.45) is 17.8 Å². The number of hydrogen-bond donors (Lipinski definition) is 1. The van der Waals surface area contributed by atoms with Gasteiger partial charge in [-0.25, -0.2) is 0 Å². The van der Waals surface area contributed by atoms with Crippen LogP contribution >= 0.6 is 0 Å². The molecule has 4 unspecified atom stereocenters. The number of fused-ring (bicyclic) bond motifs is 2. The molecule has 2 bridgehead atoms. The van der Waals surface area contributed by atoms with Crippen molar-refractivity contribution < 1.29 is 0 Å². The second-order valence-electron chi connectivity index (χ2n) is 5.68. The first kappa shape index (κ1) is 11.5. The molecule has 4 nitrogen and oxygen atoms in total. The summed E-state index contributed by atoms with van der Waals surface area (Å²) in [5.41, 5.74) is 0.583. The summed E-state index contributed by atoms with van der Waals surface area (Å²) in [5.74, 6) is 3.19. The summed E-state index contributed by atoms with van der Waals surface area (Å²) in [7, 11) is 0. The van der Waals surface area contributed by atoms with Gasteiger partial charge < -0.3 is 5.32 Å². The van der Waals surface area contributed by atoms with Crippen LogP contribution in [0.1, 0.15) is 38.2 Å². The average Bonchev–Trinajstić information content (AvgIpc) is 3.01. The van der Waals surface area contributed by atoms with Crippen LogP contribution in [0.3, 0.4) is 0 Å². The summed E-state index contributed by atoms with van der Waals surface area (Å²) in [6.07, 6.45) is 7.10. The Balaban J connectivity index is 1.71. The first-order chi connectivity index (χ1) is 8.78. The van der Waals surface area contributed by atoms with Gasteiger partial charge in [0.1, 0.15) is 6.07 Å². The van der Waals surface area contributed by atoms with Crippen molar-refractivity contribution in [1.29, 1.82) is 5.26 Å². The van der Waals surface area contributed by atoms with Gasteiger partial charge in [0.15, 0.2) is 5.82 Å². The normalized spacial score (nSPS) is 31.0. The molecule has 0 radical (unpaired) electrons. The standard InChI is InChI=1S/C14H18N4/c1-9(13-7-10-2-3-11(13)6-10)17-14-12(8-15)4-5-16-18-14/h4-5,9-11,13H,2-3,6-7H2,1H3,(H,17,18). The summed E-state index contributed by atoms with van der Waals surface area (Å²) in [4.78, 5) is 0. The van der Waals surface area contributed by atoms with Crippen molar-refractivity contribution in [2.75, 3.05) is 5.32 Å². The molecule has 2 saturated carbocycles. The Morgan fingerprint density at radius 3 is 3.00 bits per heavy atom. The minimum Gasteiger partial charge on any atom is -0.365 e. The zero-order valence-corrected chi connectivity index (χ0v) is 10.6. The van der Waals surface area contributed by atoms with Gasteiger partial charge in [-0.3, -0.25) is 0 Å². The molecule has 2 fully saturated rings. The third kappa shape index (κ3) is 1.94. The number of nitrogens with zero attached hydrogens (tertiary/aromatic N) is 3. The first-order valence-corrected chi connectivity index (χ1v) is 6.76. The van der Waals surface area contributed by atoms with Crippen LogP contribution in [0.4, 0.5) is 5.82 Å². The van der Waals surface area contributed by atoms with E-state index >= 15 is 0 Å². The largest absolute Gasteiger partial charge is 0.365 e. The molecule has 1 aromatic heterocycles. The van der Waals surface area contributed by atoms with Gasteiger partial charge in [-0.05, 0) is 50.0 Å². The number of nitrogens with one attached hydrogen (secondary N) is 1. The van der Waals surface area contributed by atoms with Crippen LogP contribution in [-0.4, -0.2) is 16.2 Å². The predicted octanol–water partition coefficient (Wildman–Crippen LogP) is 2.58. The van der Waals surface area contributed by atoms with Crippen molar-refractivity contribution in [1.82, 2.24) is 10.2 Å². The third-order valence-corrected chi connectivity index (χ3v) is 4.64. The number of hydrogen-bond acceptors (Lipinski definition) is 4. The summed E-state index contributed by atoms with van der Waals surface area (Å²) >= 11 is 0. The quantitative estimate of drug-likeness (QED) is 0.885. The Hall–Kier alpha value is -1.63. The molecule has 0 aliphatic heterocycles. The predicted molar refractivity (Wildman–Crippen MR) is 68.8 cm³/mol. The Morgan fingerprint density at radius 2 is 2.33 bits per heavy atom. The lowest BCUT2D eigenvalue weighted by molar-refractivity contribution is 0.304. The van der Waals surface area contributed by atoms with Crippen LogP contribution in [0.15, 0.2) is 12.3 Å². The summed E-state index contributed by atoms with van der Waals surface area (Å²) in [6.45, 7) is 2.21. The molecule has 0 spiro atoms. The fourth-order valence-electron chi connectivity index (χ4n) is 3.76. The zero-order valence-electron chi connectivity index (χ0n) is 10.6. The minimum absolute atomic E-state index is 0.379. The summed E-state index contributed by atoms with van der Waals surface area (Å²) < 4.78 is 0. The number of rotatable bonds is 3. The molecule has 4 atom stereocenters. The second-order valence-corrected chi connectivity index (χ2v) is 5.68. The van der Waals surface area contributed by atoms with E-state index < -0.39 is 0 Å². The molecule has 0 amide bonds. The van der Waals surface area contributed by atoms with Gasteiger partial charge in [0, 0.05) is 6.04 Å². The topological polar surface area (TPSA) is 61.6 Å². The average molecular weight is 242 g/mol. The van der Waals surface area contributed by atoms with Gasteiger partial charge in [-0.15, -0.1) is 5.10 Å². The summed E-state index contributed by atoms with van der Waals surface area (Å²) in [5, 5.41) is 20.3. The molecule has 1 aromatic rings. The monoisotopic (exact) mass is 242 g/mol. The van der Waals surface area contributed by atoms with Crippen LogP contribution in [0.5, 0.6) is 0 Å². The van der Waals surface area contributed by atoms with E-state index in [1.54, 1.807) is 12.3 Å². The Morgan fingerprint density at radius 1 is 1.44 bits per heavy atom. The molecule has 0 aromatic carbocycles. The van der Waals surface area contributed by atoms with Gasteiger partial charge in [-0.1, -0.05) is 6.42 Å². The van der Waals surface area contributed by atoms with Crippen LogP contribution in [0, 0.1) is 29.1 Å². The molecule has 2 aliphatic rings. The highest BCUT2D eigenvalue weighted by atomic mass is 15.2. The van der Waals surface area contributed by atoms with E-state index in [-0.39, 0.29) is 0 Å². The number of anilines is 1. The highest BCUT2D eigenvalue weighted by molar-refractivity contribution is 5.50. The van der Waals surface area contributed by atoms with Crippen molar-refractivity contribution in [2.45, 2.75) is 38.6 Å². The Labute approximate surface area is 107 Å². The smallest absolute Gasteiger partial charge is 0.166 e. The maximum absolute atomic E-state index is 9.04. The lowest BCUT2D eigenvalue weighted by Crippen LogP contribution is -2.30. The van der Waals surface area contributed by atoms with E-state index in [0.29, 0.717) is 17.4 Å². The van der Waals surface area contributed by atoms with Crippen LogP contribution in [0.2, 0.25) is 0 Å². The molecule has 0 saturated heterocycles. The third-order valence-electron chi connectivity index (χ3n) is 4.64. The van der Waals surface area contributed by atoms with E-state index in [4.69, 9.17) is 5.26 Å². The maximum Gasteiger partial charge on any atom is 0.166 e. The Kier molecular flexibility index (Phi) is 2.91. The highest BCUT2D eigenvalue weighted by Gasteiger charge is 2.41. The highest BCUT2D eigenvalue weighted by Crippen LogP contribution is 2.49. The van der Waals surface area contributed by atoms with Crippen LogP contribution in [-0.2, 0) is 0 Å². The van der Waals surface area contributed by atoms with Crippen molar-refractivity contribution >= 4 is 5.82 Å². The fraction of sp³-hybridized carbons (Fsp3) is 0.643. The van der Waals surface area contributed by atoms with E-state index in [1.807, 2.05) is 0 Å². The van der Waals surface area contributed by atoms with E-state index in [9.17, 15) is 0 Å². The SMILES string of the molecule is CC(Nc1nnccc1C#N)C1CC2CCC1C2. The van der Waals surface area contributed by atoms with Gasteiger partial charge >= 0.3 is 0 Å². The number of nitriles is 1. The van der Waals surface area contributed by atoms with Gasteiger partial charge in [-0.2, -0.15) is 10.4 Å². The molecule has 1 heterocycles. The van der Waals surface area contributed by atoms with E-state index in [1.165, 1.54) is 25.7 Å². The molecular formula is C14H18N4. The molecule has 2 aliphatic carbocycles. The molecule has 4 heteroatoms.